The largest absolute Gasteiger partial charge is 0.508 e. The van der Waals surface area contributed by atoms with Gasteiger partial charge < -0.3 is 41.7 Å². The topological polar surface area (TPSA) is 193 Å². The van der Waals surface area contributed by atoms with E-state index < -0.39 is 49.5 Å². The van der Waals surface area contributed by atoms with Crippen LogP contribution in [0.25, 0.3) is 0 Å². The van der Waals surface area contributed by atoms with Crippen LogP contribution < -0.4 is 21.3 Å². The van der Waals surface area contributed by atoms with E-state index in [-0.39, 0.29) is 17.9 Å². The van der Waals surface area contributed by atoms with Gasteiger partial charge in [-0.3, -0.25) is 19.4 Å². The average molecular weight is 409 g/mol. The van der Waals surface area contributed by atoms with Crippen molar-refractivity contribution in [3.8, 4) is 5.75 Å². The maximum Gasteiger partial charge on any atom is 0.305 e. The van der Waals surface area contributed by atoms with Gasteiger partial charge >= 0.3 is 5.97 Å². The summed E-state index contributed by atoms with van der Waals surface area (Å²) < 4.78 is 0. The number of carbonyl (C=O) groups excluding carboxylic acids is 2. The van der Waals surface area contributed by atoms with Crippen LogP contribution in [0.3, 0.4) is 0 Å². The molecule has 0 aromatic heterocycles. The van der Waals surface area contributed by atoms with Crippen LogP contribution in [0.5, 0.6) is 5.75 Å². The van der Waals surface area contributed by atoms with Crippen LogP contribution in [0.1, 0.15) is 16.8 Å². The summed E-state index contributed by atoms with van der Waals surface area (Å²) in [7, 11) is 0. The van der Waals surface area contributed by atoms with Gasteiger partial charge in [0.15, 0.2) is 5.96 Å². The van der Waals surface area contributed by atoms with Gasteiger partial charge in [-0.2, -0.15) is 0 Å². The maximum atomic E-state index is 12.3. The highest BCUT2D eigenvalue weighted by Gasteiger charge is 2.17. The number of phenolic OH excluding ortho intramolecular Hbond substituents is 1. The molecule has 0 aliphatic carbocycles. The number of aromatic hydroxyl groups is 1. The number of anilines is 1. The summed E-state index contributed by atoms with van der Waals surface area (Å²) in [6.07, 6.45) is -1.04. The number of carboxylic acid groups (broad SMARTS) is 1. The third-order valence-electron chi connectivity index (χ3n) is 3.82. The molecule has 1 aromatic rings. The molecule has 0 radical (unpaired) electrons. The number of guanidine groups is 1. The minimum Gasteiger partial charge on any atom is -0.508 e. The van der Waals surface area contributed by atoms with E-state index >= 15 is 0 Å². The molecular weight excluding hydrogens is 386 g/mol. The van der Waals surface area contributed by atoms with Gasteiger partial charge in [0.2, 0.25) is 5.91 Å². The molecule has 1 aromatic carbocycles. The van der Waals surface area contributed by atoms with Crippen molar-refractivity contribution in [3.05, 3.63) is 23.8 Å². The molecular formula is C17H23N5O7. The number of rotatable bonds is 8. The first-order valence-corrected chi connectivity index (χ1v) is 8.74. The number of nitrogens with zero attached hydrogens (tertiary/aromatic N) is 1. The molecule has 0 spiro atoms. The van der Waals surface area contributed by atoms with Crippen LogP contribution in [0, 0.1) is 0 Å². The van der Waals surface area contributed by atoms with Crippen molar-refractivity contribution in [1.29, 1.82) is 0 Å². The van der Waals surface area contributed by atoms with Gasteiger partial charge in [-0.1, -0.05) is 0 Å². The second-order valence-electron chi connectivity index (χ2n) is 6.35. The molecule has 158 valence electrons. The van der Waals surface area contributed by atoms with E-state index in [4.69, 9.17) is 10.2 Å². The third kappa shape index (κ3) is 7.27. The normalized spacial score (nSPS) is 16.8. The molecule has 2 amide bonds. The van der Waals surface area contributed by atoms with Crippen molar-refractivity contribution in [2.45, 2.75) is 18.6 Å². The zero-order chi connectivity index (χ0) is 21.4. The number of aliphatic hydroxyl groups excluding tert-OH is 2. The lowest BCUT2D eigenvalue weighted by Crippen LogP contribution is -2.44. The number of carboxylic acids is 1. The lowest BCUT2D eigenvalue weighted by Gasteiger charge is -2.20. The van der Waals surface area contributed by atoms with Crippen molar-refractivity contribution in [1.82, 2.24) is 16.0 Å². The summed E-state index contributed by atoms with van der Waals surface area (Å²) in [6, 6.07) is 3.05. The predicted octanol–water partition coefficient (Wildman–Crippen LogP) is -2.19. The molecule has 2 rings (SSSR count). The van der Waals surface area contributed by atoms with Crippen LogP contribution in [-0.2, 0) is 9.59 Å². The molecule has 8 N–H and O–H groups in total. The summed E-state index contributed by atoms with van der Waals surface area (Å²) in [5.41, 5.74) is 0.435. The average Bonchev–Trinajstić information content (AvgIpc) is 2.66. The first-order chi connectivity index (χ1) is 13.8. The zero-order valence-corrected chi connectivity index (χ0v) is 15.4. The fourth-order valence-electron chi connectivity index (χ4n) is 2.48. The Bertz CT molecular complexity index is 798. The minimum atomic E-state index is -1.18. The Morgan fingerprint density at radius 3 is 2.66 bits per heavy atom. The number of β-amino-alcohol motifs (C(OH)–C–C–N with tert-alkyl or cyclic N) is 1. The highest BCUT2D eigenvalue weighted by molar-refractivity contribution is 6.00. The van der Waals surface area contributed by atoms with Crippen LogP contribution in [-0.4, -0.2) is 82.6 Å². The Hall–Kier alpha value is -3.38. The molecule has 1 heterocycles. The van der Waals surface area contributed by atoms with Crippen molar-refractivity contribution in [2.24, 2.45) is 4.99 Å². The van der Waals surface area contributed by atoms with Gasteiger partial charge in [-0.15, -0.1) is 0 Å². The monoisotopic (exact) mass is 409 g/mol. The Balaban J connectivity index is 1.94. The fourth-order valence-corrected chi connectivity index (χ4v) is 2.48. The van der Waals surface area contributed by atoms with Gasteiger partial charge in [0.05, 0.1) is 38.3 Å². The fraction of sp³-hybridized carbons (Fsp3) is 0.412. The minimum absolute atomic E-state index is 0.0704. The van der Waals surface area contributed by atoms with Crippen LogP contribution >= 0.6 is 0 Å². The summed E-state index contributed by atoms with van der Waals surface area (Å²) in [6.45, 7) is -0.473. The van der Waals surface area contributed by atoms with Crippen LogP contribution in [0.4, 0.5) is 5.69 Å². The number of hydrogen-bond donors (Lipinski definition) is 8. The van der Waals surface area contributed by atoms with Crippen molar-refractivity contribution in [2.75, 3.05) is 31.6 Å². The second kappa shape index (κ2) is 10.2. The summed E-state index contributed by atoms with van der Waals surface area (Å²) in [5, 5.41) is 47.4. The second-order valence-corrected chi connectivity index (χ2v) is 6.35. The number of aliphatic hydroxyl groups is 2. The maximum absolute atomic E-state index is 12.3. The SMILES string of the molecule is O=C(O)CC(CO)NC(=O)CNC(=O)c1cc(O)cc(NC2=NCC(O)CN2)c1. The number of nitrogens with one attached hydrogen (secondary N) is 4. The number of hydrogen-bond acceptors (Lipinski definition) is 9. The molecule has 0 saturated heterocycles. The summed E-state index contributed by atoms with van der Waals surface area (Å²) >= 11 is 0. The molecule has 0 saturated carbocycles. The Morgan fingerprint density at radius 1 is 1.28 bits per heavy atom. The zero-order valence-electron chi connectivity index (χ0n) is 15.4. The van der Waals surface area contributed by atoms with Crippen molar-refractivity contribution < 1.29 is 34.8 Å². The summed E-state index contributed by atoms with van der Waals surface area (Å²) in [4.78, 5) is 38.8. The molecule has 29 heavy (non-hydrogen) atoms. The molecule has 1 aliphatic rings. The van der Waals surface area contributed by atoms with E-state index in [0.717, 1.165) is 0 Å². The van der Waals surface area contributed by atoms with E-state index in [9.17, 15) is 24.6 Å². The molecule has 12 heteroatoms. The van der Waals surface area contributed by atoms with E-state index in [1.54, 1.807) is 0 Å². The van der Waals surface area contributed by atoms with E-state index in [1.165, 1.54) is 18.2 Å². The molecule has 0 bridgehead atoms. The Labute approximate surface area is 165 Å². The van der Waals surface area contributed by atoms with E-state index in [1.807, 2.05) is 0 Å². The van der Waals surface area contributed by atoms with Crippen LogP contribution in [0.15, 0.2) is 23.2 Å². The highest BCUT2D eigenvalue weighted by Crippen LogP contribution is 2.20. The number of amides is 2. The van der Waals surface area contributed by atoms with Gasteiger partial charge in [-0.25, -0.2) is 0 Å². The molecule has 1 aliphatic heterocycles. The molecule has 2 atom stereocenters. The molecule has 12 nitrogen and oxygen atoms in total. The molecule has 2 unspecified atom stereocenters. The number of aliphatic carboxylic acids is 1. The van der Waals surface area contributed by atoms with E-state index in [2.05, 4.69) is 26.3 Å². The van der Waals surface area contributed by atoms with E-state index in [0.29, 0.717) is 18.2 Å². The van der Waals surface area contributed by atoms with Gasteiger partial charge in [0.1, 0.15) is 5.75 Å². The quantitative estimate of drug-likeness (QED) is 0.235. The number of benzene rings is 1. The highest BCUT2D eigenvalue weighted by atomic mass is 16.4. The van der Waals surface area contributed by atoms with Crippen molar-refractivity contribution in [3.63, 3.8) is 0 Å². The van der Waals surface area contributed by atoms with Gasteiger partial charge in [0.25, 0.3) is 5.91 Å². The van der Waals surface area contributed by atoms with Crippen LogP contribution in [0.2, 0.25) is 0 Å². The Morgan fingerprint density at radius 2 is 2.03 bits per heavy atom. The Kier molecular flexibility index (Phi) is 7.74. The first kappa shape index (κ1) is 21.9. The smallest absolute Gasteiger partial charge is 0.305 e. The third-order valence-corrected chi connectivity index (χ3v) is 3.82. The lowest BCUT2D eigenvalue weighted by atomic mass is 10.1. The lowest BCUT2D eigenvalue weighted by molar-refractivity contribution is -0.138. The standard InChI is InChI=1S/C17H23N5O7/c23-8-11(4-15(27)28)21-14(26)7-18-16(29)9-1-10(3-12(24)2-9)22-17-19-5-13(25)6-20-17/h1-3,11,13,23-25H,4-8H2,(H,18,29)(H,21,26)(H,27,28)(H2,19,20,22). The summed E-state index contributed by atoms with van der Waals surface area (Å²) in [5.74, 6) is -2.31. The van der Waals surface area contributed by atoms with Crippen molar-refractivity contribution >= 4 is 29.4 Å². The number of aliphatic imine (C=N–C) groups is 1. The van der Waals surface area contributed by atoms with Gasteiger partial charge in [0, 0.05) is 23.9 Å². The van der Waals surface area contributed by atoms with Gasteiger partial charge in [-0.05, 0) is 12.1 Å². The number of phenols is 1. The predicted molar refractivity (Wildman–Crippen MR) is 102 cm³/mol. The first-order valence-electron chi connectivity index (χ1n) is 8.74. The number of carbonyl (C=O) groups is 3. The molecule has 0 fully saturated rings.